The second-order valence-corrected chi connectivity index (χ2v) is 6.33. The van der Waals surface area contributed by atoms with Crippen LogP contribution < -0.4 is 5.73 Å². The summed E-state index contributed by atoms with van der Waals surface area (Å²) in [5.41, 5.74) is 8.10. The van der Waals surface area contributed by atoms with Crippen LogP contribution in [0.2, 0.25) is 5.02 Å². The molecule has 0 spiro atoms. The van der Waals surface area contributed by atoms with E-state index in [0.29, 0.717) is 16.5 Å². The normalized spacial score (nSPS) is 14.0. The fourth-order valence-electron chi connectivity index (χ4n) is 1.82. The highest BCUT2D eigenvalue weighted by Gasteiger charge is 2.10. The molecular weight excluding hydrogens is 278 g/mol. The van der Waals surface area contributed by atoms with Crippen molar-refractivity contribution < 1.29 is 4.21 Å². The topological polar surface area (TPSA) is 43.1 Å². The summed E-state index contributed by atoms with van der Waals surface area (Å²) in [6.45, 7) is 0. The van der Waals surface area contributed by atoms with Crippen LogP contribution in [0.1, 0.15) is 17.2 Å². The lowest BCUT2D eigenvalue weighted by Crippen LogP contribution is -2.19. The maximum absolute atomic E-state index is 12.1. The van der Waals surface area contributed by atoms with Gasteiger partial charge in [0, 0.05) is 33.4 Å². The van der Waals surface area contributed by atoms with Crippen LogP contribution in [0.5, 0.6) is 0 Å². The van der Waals surface area contributed by atoms with Gasteiger partial charge in [0.25, 0.3) is 0 Å². The van der Waals surface area contributed by atoms with Gasteiger partial charge in [0.2, 0.25) is 0 Å². The third-order valence-electron chi connectivity index (χ3n) is 2.83. The Bertz CT molecular complexity index is 542. The van der Waals surface area contributed by atoms with Gasteiger partial charge in [-0.15, -0.1) is 0 Å². The number of nitrogens with two attached hydrogens (primary N) is 1. The van der Waals surface area contributed by atoms with E-state index in [2.05, 4.69) is 0 Å². The maximum atomic E-state index is 12.1. The van der Waals surface area contributed by atoms with Crippen LogP contribution >= 0.6 is 11.6 Å². The van der Waals surface area contributed by atoms with E-state index in [-0.39, 0.29) is 6.04 Å². The third-order valence-corrected chi connectivity index (χ3v) is 4.47. The van der Waals surface area contributed by atoms with E-state index in [4.69, 9.17) is 17.3 Å². The van der Waals surface area contributed by atoms with E-state index < -0.39 is 10.8 Å². The van der Waals surface area contributed by atoms with Crippen molar-refractivity contribution in [2.24, 2.45) is 5.73 Å². The molecule has 2 aromatic carbocycles. The highest BCUT2D eigenvalue weighted by Crippen LogP contribution is 2.14. The van der Waals surface area contributed by atoms with Gasteiger partial charge >= 0.3 is 0 Å². The van der Waals surface area contributed by atoms with E-state index in [1.807, 2.05) is 54.6 Å². The first-order valence-electron chi connectivity index (χ1n) is 6.05. The zero-order valence-corrected chi connectivity index (χ0v) is 12.0. The Balaban J connectivity index is 1.93. The molecule has 2 N–H and O–H groups in total. The molecular formula is C15H16ClNOS. The van der Waals surface area contributed by atoms with Gasteiger partial charge in [0.1, 0.15) is 0 Å². The SMILES string of the molecule is NC(CS(=O)Cc1ccc(Cl)cc1)c1ccccc1. The summed E-state index contributed by atoms with van der Waals surface area (Å²) in [7, 11) is -0.976. The maximum Gasteiger partial charge on any atom is 0.0486 e. The number of benzene rings is 2. The summed E-state index contributed by atoms with van der Waals surface area (Å²) >= 11 is 5.82. The third kappa shape index (κ3) is 4.46. The lowest BCUT2D eigenvalue weighted by Gasteiger charge is -2.11. The predicted octanol–water partition coefficient (Wildman–Crippen LogP) is 3.29. The second-order valence-electron chi connectivity index (χ2n) is 4.39. The molecule has 2 aromatic rings. The Kier molecular flexibility index (Phi) is 5.14. The Morgan fingerprint density at radius 3 is 2.32 bits per heavy atom. The molecule has 2 unspecified atom stereocenters. The van der Waals surface area contributed by atoms with Crippen LogP contribution in [0.4, 0.5) is 0 Å². The molecule has 2 atom stereocenters. The second kappa shape index (κ2) is 6.85. The van der Waals surface area contributed by atoms with Crippen LogP contribution in [0.25, 0.3) is 0 Å². The predicted molar refractivity (Wildman–Crippen MR) is 81.5 cm³/mol. The fourth-order valence-corrected chi connectivity index (χ4v) is 3.22. The summed E-state index contributed by atoms with van der Waals surface area (Å²) in [6.07, 6.45) is 0. The Morgan fingerprint density at radius 1 is 1.05 bits per heavy atom. The molecule has 100 valence electrons. The Labute approximate surface area is 121 Å². The zero-order chi connectivity index (χ0) is 13.7. The average molecular weight is 294 g/mol. The van der Waals surface area contributed by atoms with Gasteiger partial charge in [-0.3, -0.25) is 4.21 Å². The summed E-state index contributed by atoms with van der Waals surface area (Å²) in [6, 6.07) is 17.0. The van der Waals surface area contributed by atoms with Crippen LogP contribution in [0, 0.1) is 0 Å². The molecule has 19 heavy (non-hydrogen) atoms. The molecule has 0 saturated carbocycles. The van der Waals surface area contributed by atoms with Crippen molar-refractivity contribution in [3.63, 3.8) is 0 Å². The highest BCUT2D eigenvalue weighted by atomic mass is 35.5. The van der Waals surface area contributed by atoms with Gasteiger partial charge in [0.15, 0.2) is 0 Å². The van der Waals surface area contributed by atoms with E-state index >= 15 is 0 Å². The van der Waals surface area contributed by atoms with Gasteiger partial charge in [-0.05, 0) is 23.3 Å². The monoisotopic (exact) mass is 293 g/mol. The summed E-state index contributed by atoms with van der Waals surface area (Å²) in [5, 5.41) is 0.690. The minimum Gasteiger partial charge on any atom is -0.323 e. The van der Waals surface area contributed by atoms with Crippen molar-refractivity contribution in [2.75, 3.05) is 5.75 Å². The quantitative estimate of drug-likeness (QED) is 0.919. The minimum atomic E-state index is -0.976. The molecule has 0 aliphatic rings. The standard InChI is InChI=1S/C15H16ClNOS/c16-14-8-6-12(7-9-14)10-19(18)11-15(17)13-4-2-1-3-5-13/h1-9,15H,10-11,17H2. The summed E-state index contributed by atoms with van der Waals surface area (Å²) in [4.78, 5) is 0. The lowest BCUT2D eigenvalue weighted by atomic mass is 10.1. The highest BCUT2D eigenvalue weighted by molar-refractivity contribution is 7.84. The Morgan fingerprint density at radius 2 is 1.68 bits per heavy atom. The number of rotatable bonds is 5. The van der Waals surface area contributed by atoms with Crippen LogP contribution in [0.15, 0.2) is 54.6 Å². The molecule has 2 rings (SSSR count). The summed E-state index contributed by atoms with van der Waals surface area (Å²) in [5.74, 6) is 0.977. The molecule has 4 heteroatoms. The van der Waals surface area contributed by atoms with Crippen molar-refractivity contribution in [1.82, 2.24) is 0 Å². The first-order chi connectivity index (χ1) is 9.15. The van der Waals surface area contributed by atoms with E-state index in [9.17, 15) is 4.21 Å². The number of halogens is 1. The van der Waals surface area contributed by atoms with Crippen molar-refractivity contribution in [3.8, 4) is 0 Å². The average Bonchev–Trinajstić information content (AvgIpc) is 2.42. The van der Waals surface area contributed by atoms with Crippen molar-refractivity contribution in [3.05, 3.63) is 70.7 Å². The zero-order valence-electron chi connectivity index (χ0n) is 10.5. The first-order valence-corrected chi connectivity index (χ1v) is 7.91. The van der Waals surface area contributed by atoms with Crippen LogP contribution in [0.3, 0.4) is 0 Å². The van der Waals surface area contributed by atoms with Gasteiger partial charge in [-0.1, -0.05) is 54.1 Å². The van der Waals surface area contributed by atoms with Gasteiger partial charge < -0.3 is 5.73 Å². The van der Waals surface area contributed by atoms with Crippen molar-refractivity contribution in [1.29, 1.82) is 0 Å². The molecule has 0 aromatic heterocycles. The molecule has 2 nitrogen and oxygen atoms in total. The number of hydrogen-bond donors (Lipinski definition) is 1. The largest absolute Gasteiger partial charge is 0.323 e. The van der Waals surface area contributed by atoms with Crippen LogP contribution in [-0.2, 0) is 16.6 Å². The van der Waals surface area contributed by atoms with Crippen molar-refractivity contribution >= 4 is 22.4 Å². The molecule has 0 aliphatic carbocycles. The number of hydrogen-bond acceptors (Lipinski definition) is 2. The molecule has 0 radical (unpaired) electrons. The van der Waals surface area contributed by atoms with E-state index in [1.165, 1.54) is 0 Å². The Hall–Kier alpha value is -1.16. The lowest BCUT2D eigenvalue weighted by molar-refractivity contribution is 0.674. The molecule has 0 bridgehead atoms. The van der Waals surface area contributed by atoms with Gasteiger partial charge in [0.05, 0.1) is 0 Å². The molecule has 0 saturated heterocycles. The molecule has 0 heterocycles. The van der Waals surface area contributed by atoms with E-state index in [1.54, 1.807) is 0 Å². The summed E-state index contributed by atoms with van der Waals surface area (Å²) < 4.78 is 12.1. The molecule has 0 aliphatic heterocycles. The van der Waals surface area contributed by atoms with Gasteiger partial charge in [-0.2, -0.15) is 0 Å². The van der Waals surface area contributed by atoms with E-state index in [0.717, 1.165) is 11.1 Å². The molecule has 0 fully saturated rings. The van der Waals surface area contributed by atoms with Gasteiger partial charge in [-0.25, -0.2) is 0 Å². The fraction of sp³-hybridized carbons (Fsp3) is 0.200. The first kappa shape index (κ1) is 14.3. The van der Waals surface area contributed by atoms with Crippen molar-refractivity contribution in [2.45, 2.75) is 11.8 Å². The van der Waals surface area contributed by atoms with Crippen LogP contribution in [-0.4, -0.2) is 9.96 Å². The minimum absolute atomic E-state index is 0.186. The smallest absolute Gasteiger partial charge is 0.0486 e. The molecule has 0 amide bonds.